The van der Waals surface area contributed by atoms with Crippen LogP contribution in [0.25, 0.3) is 6.08 Å². The van der Waals surface area contributed by atoms with Gasteiger partial charge in [-0.15, -0.1) is 0 Å². The van der Waals surface area contributed by atoms with Crippen LogP contribution in [0.1, 0.15) is 29.2 Å². The van der Waals surface area contributed by atoms with Crippen molar-refractivity contribution in [3.8, 4) is 17.2 Å². The third kappa shape index (κ3) is 6.40. The summed E-state index contributed by atoms with van der Waals surface area (Å²) in [5, 5.41) is 11.0. The number of halogens is 3. The third-order valence-electron chi connectivity index (χ3n) is 5.57. The molecule has 0 atom stereocenters. The first kappa shape index (κ1) is 27.7. The Morgan fingerprint density at radius 2 is 1.77 bits per heavy atom. The van der Waals surface area contributed by atoms with E-state index >= 15 is 0 Å². The van der Waals surface area contributed by atoms with Crippen LogP contribution in [0.5, 0.6) is 17.2 Å². The lowest BCUT2D eigenvalue weighted by molar-refractivity contribution is -0.385. The van der Waals surface area contributed by atoms with Gasteiger partial charge in [-0.2, -0.15) is 13.2 Å². The quantitative estimate of drug-likeness (QED) is 0.162. The van der Waals surface area contributed by atoms with Crippen molar-refractivity contribution in [3.05, 3.63) is 97.9 Å². The number of imide groups is 1. The number of ether oxygens (including phenoxy) is 2. The first-order valence-corrected chi connectivity index (χ1v) is 12.4. The molecule has 202 valence electrons. The van der Waals surface area contributed by atoms with E-state index in [-0.39, 0.29) is 29.6 Å². The minimum absolute atomic E-state index is 0.0180. The maximum absolute atomic E-state index is 13.0. The largest absolute Gasteiger partial charge is 0.490 e. The molecule has 0 aromatic heterocycles. The number of aryl methyl sites for hydroxylation is 1. The van der Waals surface area contributed by atoms with Crippen molar-refractivity contribution in [3.63, 3.8) is 0 Å². The monoisotopic (exact) mass is 558 g/mol. The van der Waals surface area contributed by atoms with Crippen LogP contribution in [0.2, 0.25) is 0 Å². The lowest BCUT2D eigenvalue weighted by Gasteiger charge is -2.14. The molecule has 12 heteroatoms. The molecule has 0 spiro atoms. The molecule has 0 unspecified atom stereocenters. The van der Waals surface area contributed by atoms with Crippen molar-refractivity contribution in [2.24, 2.45) is 0 Å². The Hall–Kier alpha value is -4.32. The van der Waals surface area contributed by atoms with Gasteiger partial charge < -0.3 is 9.47 Å². The third-order valence-corrected chi connectivity index (χ3v) is 6.47. The van der Waals surface area contributed by atoms with Crippen LogP contribution in [-0.4, -0.2) is 27.6 Å². The minimum Gasteiger partial charge on any atom is -0.490 e. The Morgan fingerprint density at radius 1 is 1.03 bits per heavy atom. The van der Waals surface area contributed by atoms with E-state index < -0.39 is 39.2 Å². The molecule has 1 aliphatic rings. The standard InChI is InChI=1S/C27H21F3N2O6S/c1-3-37-23-12-17(13-24-25(33)31(26(34)39-24)15-18-6-4-5-16(2)11-18)7-9-22(23)38-21-10-8-19(27(28,29)30)14-20(21)32(35)36/h4-14H,3,15H2,1-2H3/b24-13-. The van der Waals surface area contributed by atoms with Crippen LogP contribution in [0.3, 0.4) is 0 Å². The number of nitro groups is 1. The van der Waals surface area contributed by atoms with E-state index in [1.54, 1.807) is 6.92 Å². The van der Waals surface area contributed by atoms with E-state index in [0.29, 0.717) is 17.7 Å². The average Bonchev–Trinajstić information content (AvgIpc) is 3.12. The topological polar surface area (TPSA) is 99.0 Å². The summed E-state index contributed by atoms with van der Waals surface area (Å²) < 4.78 is 50.3. The van der Waals surface area contributed by atoms with Gasteiger partial charge in [0.05, 0.1) is 28.5 Å². The molecule has 3 aromatic carbocycles. The molecular formula is C27H21F3N2O6S. The van der Waals surface area contributed by atoms with Gasteiger partial charge in [-0.25, -0.2) is 0 Å². The normalized spacial score (nSPS) is 14.7. The van der Waals surface area contributed by atoms with Gasteiger partial charge in [-0.05, 0) is 67.1 Å². The van der Waals surface area contributed by atoms with Gasteiger partial charge in [-0.1, -0.05) is 35.9 Å². The highest BCUT2D eigenvalue weighted by Crippen LogP contribution is 2.41. The minimum atomic E-state index is -4.76. The van der Waals surface area contributed by atoms with Crippen molar-refractivity contribution in [2.75, 3.05) is 6.61 Å². The zero-order valence-corrected chi connectivity index (χ0v) is 21.5. The molecule has 0 N–H and O–H groups in total. The molecule has 4 rings (SSSR count). The van der Waals surface area contributed by atoms with Crippen LogP contribution >= 0.6 is 11.8 Å². The Bertz CT molecular complexity index is 1490. The summed E-state index contributed by atoms with van der Waals surface area (Å²) in [6.07, 6.45) is -3.25. The summed E-state index contributed by atoms with van der Waals surface area (Å²) in [7, 11) is 0. The second-order valence-corrected chi connectivity index (χ2v) is 9.43. The second-order valence-electron chi connectivity index (χ2n) is 8.44. The molecule has 1 fully saturated rings. The summed E-state index contributed by atoms with van der Waals surface area (Å²) in [6.45, 7) is 3.92. The first-order chi connectivity index (χ1) is 18.5. The molecule has 0 aliphatic carbocycles. The van der Waals surface area contributed by atoms with Crippen LogP contribution in [0, 0.1) is 17.0 Å². The van der Waals surface area contributed by atoms with Crippen LogP contribution < -0.4 is 9.47 Å². The number of nitro benzene ring substituents is 1. The highest BCUT2D eigenvalue weighted by Gasteiger charge is 2.35. The fourth-order valence-corrected chi connectivity index (χ4v) is 4.63. The van der Waals surface area contributed by atoms with Crippen molar-refractivity contribution in [2.45, 2.75) is 26.6 Å². The molecule has 1 saturated heterocycles. The van der Waals surface area contributed by atoms with E-state index in [1.165, 1.54) is 24.3 Å². The maximum atomic E-state index is 13.0. The fraction of sp³-hybridized carbons (Fsp3) is 0.185. The van der Waals surface area contributed by atoms with E-state index in [1.807, 2.05) is 31.2 Å². The predicted octanol–water partition coefficient (Wildman–Crippen LogP) is 7.35. The molecule has 0 bridgehead atoms. The highest BCUT2D eigenvalue weighted by atomic mass is 32.2. The zero-order valence-electron chi connectivity index (χ0n) is 20.7. The summed E-state index contributed by atoms with van der Waals surface area (Å²) in [5.41, 5.74) is 0.254. The van der Waals surface area contributed by atoms with Gasteiger partial charge in [-0.3, -0.25) is 24.6 Å². The Labute approximate surface area is 225 Å². The molecule has 1 heterocycles. The maximum Gasteiger partial charge on any atom is 0.416 e. The Balaban J connectivity index is 1.60. The zero-order chi connectivity index (χ0) is 28.3. The van der Waals surface area contributed by atoms with Gasteiger partial charge >= 0.3 is 11.9 Å². The molecule has 1 aliphatic heterocycles. The summed E-state index contributed by atoms with van der Waals surface area (Å²) in [4.78, 5) is 37.3. The Kier molecular flexibility index (Phi) is 7.95. The van der Waals surface area contributed by atoms with E-state index in [4.69, 9.17) is 9.47 Å². The second kappa shape index (κ2) is 11.2. The lowest BCUT2D eigenvalue weighted by Crippen LogP contribution is -2.27. The summed E-state index contributed by atoms with van der Waals surface area (Å²) in [6, 6.07) is 13.9. The van der Waals surface area contributed by atoms with Gasteiger partial charge in [0, 0.05) is 6.07 Å². The van der Waals surface area contributed by atoms with Gasteiger partial charge in [0.2, 0.25) is 5.75 Å². The fourth-order valence-electron chi connectivity index (χ4n) is 3.79. The highest BCUT2D eigenvalue weighted by molar-refractivity contribution is 8.18. The summed E-state index contributed by atoms with van der Waals surface area (Å²) in [5.74, 6) is -0.701. The van der Waals surface area contributed by atoms with Gasteiger partial charge in [0.25, 0.3) is 11.1 Å². The van der Waals surface area contributed by atoms with Crippen molar-refractivity contribution in [1.82, 2.24) is 4.90 Å². The number of carbonyl (C=O) groups is 2. The first-order valence-electron chi connectivity index (χ1n) is 11.6. The Morgan fingerprint density at radius 3 is 2.44 bits per heavy atom. The smallest absolute Gasteiger partial charge is 0.416 e. The molecular weight excluding hydrogens is 537 g/mol. The van der Waals surface area contributed by atoms with E-state index in [0.717, 1.165) is 33.9 Å². The molecule has 0 radical (unpaired) electrons. The number of benzene rings is 3. The molecule has 2 amide bonds. The summed E-state index contributed by atoms with van der Waals surface area (Å²) >= 11 is 0.794. The number of carbonyl (C=O) groups excluding carboxylic acids is 2. The lowest BCUT2D eigenvalue weighted by atomic mass is 10.1. The van der Waals surface area contributed by atoms with Crippen molar-refractivity contribution < 1.29 is 37.2 Å². The van der Waals surface area contributed by atoms with Crippen LogP contribution in [0.4, 0.5) is 23.7 Å². The number of hydrogen-bond acceptors (Lipinski definition) is 7. The van der Waals surface area contributed by atoms with Crippen molar-refractivity contribution >= 4 is 34.7 Å². The van der Waals surface area contributed by atoms with E-state index in [9.17, 15) is 32.9 Å². The van der Waals surface area contributed by atoms with Crippen LogP contribution in [0.15, 0.2) is 65.6 Å². The molecule has 0 saturated carbocycles. The number of hydrogen-bond donors (Lipinski definition) is 0. The number of alkyl halides is 3. The SMILES string of the molecule is CCOc1cc(/C=C2\SC(=O)N(Cc3cccc(C)c3)C2=O)ccc1Oc1ccc(C(F)(F)F)cc1[N+](=O)[O-]. The number of amides is 2. The van der Waals surface area contributed by atoms with Crippen molar-refractivity contribution in [1.29, 1.82) is 0 Å². The van der Waals surface area contributed by atoms with Crippen LogP contribution in [-0.2, 0) is 17.5 Å². The molecule has 39 heavy (non-hydrogen) atoms. The van der Waals surface area contributed by atoms with Gasteiger partial charge in [0.15, 0.2) is 11.5 Å². The average molecular weight is 559 g/mol. The number of rotatable bonds is 8. The number of nitrogens with zero attached hydrogens (tertiary/aromatic N) is 2. The van der Waals surface area contributed by atoms with Gasteiger partial charge in [0.1, 0.15) is 0 Å². The predicted molar refractivity (Wildman–Crippen MR) is 138 cm³/mol. The number of thioether (sulfide) groups is 1. The molecule has 8 nitrogen and oxygen atoms in total. The van der Waals surface area contributed by atoms with E-state index in [2.05, 4.69) is 0 Å². The molecule has 3 aromatic rings.